The van der Waals surface area contributed by atoms with E-state index in [9.17, 15) is 9.59 Å². The van der Waals surface area contributed by atoms with Crippen LogP contribution in [0.1, 0.15) is 50.4 Å². The summed E-state index contributed by atoms with van der Waals surface area (Å²) in [5.41, 5.74) is 0.287. The zero-order valence-corrected chi connectivity index (χ0v) is 14.3. The van der Waals surface area contributed by atoms with Crippen molar-refractivity contribution < 1.29 is 29.1 Å². The van der Waals surface area contributed by atoms with E-state index in [0.717, 1.165) is 19.3 Å². The first-order valence-electron chi connectivity index (χ1n) is 8.28. The zero-order chi connectivity index (χ0) is 17.5. The maximum Gasteiger partial charge on any atom is 0.543 e. The van der Waals surface area contributed by atoms with Crippen LogP contribution in [0.3, 0.4) is 0 Å². The van der Waals surface area contributed by atoms with Crippen molar-refractivity contribution in [1.82, 2.24) is 0 Å². The third-order valence-corrected chi connectivity index (χ3v) is 4.43. The lowest BCUT2D eigenvalue weighted by molar-refractivity contribution is -0.453. The number of hydrogen-bond acceptors (Lipinski definition) is 6. The van der Waals surface area contributed by atoms with Crippen LogP contribution in [0.25, 0.3) is 0 Å². The Balaban J connectivity index is 1.77. The highest BCUT2D eigenvalue weighted by atomic mass is 17.5. The Labute approximate surface area is 141 Å². The van der Waals surface area contributed by atoms with Crippen LogP contribution in [0.2, 0.25) is 0 Å². The van der Waals surface area contributed by atoms with E-state index in [-0.39, 0.29) is 11.7 Å². The van der Waals surface area contributed by atoms with Crippen molar-refractivity contribution in [3.63, 3.8) is 0 Å². The maximum atomic E-state index is 11.7. The highest BCUT2D eigenvalue weighted by Gasteiger charge is 2.34. The molecule has 6 nitrogen and oxygen atoms in total. The van der Waals surface area contributed by atoms with Crippen LogP contribution in [0.5, 0.6) is 0 Å². The van der Waals surface area contributed by atoms with Gasteiger partial charge in [0.1, 0.15) is 6.10 Å². The predicted molar refractivity (Wildman–Crippen MR) is 85.6 cm³/mol. The van der Waals surface area contributed by atoms with Crippen LogP contribution < -0.4 is 0 Å². The molecule has 0 bridgehead atoms. The lowest BCUT2D eigenvalue weighted by Crippen LogP contribution is -2.36. The summed E-state index contributed by atoms with van der Waals surface area (Å²) in [5.74, 6) is 0.442. The molecule has 1 fully saturated rings. The molecular formula is C18H24O6. The molecule has 0 spiro atoms. The van der Waals surface area contributed by atoms with E-state index in [1.165, 1.54) is 0 Å². The molecule has 3 atom stereocenters. The zero-order valence-electron chi connectivity index (χ0n) is 14.3. The van der Waals surface area contributed by atoms with Crippen LogP contribution in [0.15, 0.2) is 30.3 Å². The highest BCUT2D eigenvalue weighted by molar-refractivity contribution is 5.88. The normalized spacial score (nSPS) is 23.6. The standard InChI is InChI=1S/C18H24O6/c1-12(2)15-10-9-13(3)11-16(15)21-18(20)23-24-22-17(19)14-7-5-4-6-8-14/h4-8,12-13,15-16H,9-11H2,1-3H3. The van der Waals surface area contributed by atoms with E-state index in [0.29, 0.717) is 17.8 Å². The second kappa shape index (κ2) is 8.68. The van der Waals surface area contributed by atoms with Gasteiger partial charge in [-0.05, 0) is 42.7 Å². The molecule has 3 unspecified atom stereocenters. The smallest absolute Gasteiger partial charge is 0.429 e. The van der Waals surface area contributed by atoms with Gasteiger partial charge in [-0.25, -0.2) is 14.5 Å². The molecule has 0 radical (unpaired) electrons. The van der Waals surface area contributed by atoms with Crippen molar-refractivity contribution in [3.05, 3.63) is 35.9 Å². The first kappa shape index (κ1) is 18.3. The average Bonchev–Trinajstić information content (AvgIpc) is 2.55. The molecule has 1 saturated carbocycles. The number of carbonyl (C=O) groups excluding carboxylic acids is 2. The Kier molecular flexibility index (Phi) is 6.61. The van der Waals surface area contributed by atoms with E-state index < -0.39 is 12.1 Å². The number of benzene rings is 1. The molecule has 6 heteroatoms. The van der Waals surface area contributed by atoms with Gasteiger partial charge in [0, 0.05) is 0 Å². The number of hydrogen-bond donors (Lipinski definition) is 0. The molecule has 0 N–H and O–H groups in total. The van der Waals surface area contributed by atoms with Crippen molar-refractivity contribution in [1.29, 1.82) is 0 Å². The summed E-state index contributed by atoms with van der Waals surface area (Å²) in [4.78, 5) is 32.2. The van der Waals surface area contributed by atoms with Crippen LogP contribution in [0, 0.1) is 17.8 Å². The van der Waals surface area contributed by atoms with Crippen LogP contribution >= 0.6 is 0 Å². The number of rotatable bonds is 5. The van der Waals surface area contributed by atoms with Gasteiger partial charge in [-0.3, -0.25) is 4.89 Å². The monoisotopic (exact) mass is 336 g/mol. The summed E-state index contributed by atoms with van der Waals surface area (Å²) in [5, 5.41) is 4.25. The molecule has 1 aromatic rings. The van der Waals surface area contributed by atoms with Gasteiger partial charge in [0.15, 0.2) is 0 Å². The number of ether oxygens (including phenoxy) is 1. The maximum absolute atomic E-state index is 11.7. The van der Waals surface area contributed by atoms with Crippen molar-refractivity contribution in [2.45, 2.75) is 46.1 Å². The van der Waals surface area contributed by atoms with E-state index in [1.807, 2.05) is 0 Å². The van der Waals surface area contributed by atoms with E-state index in [4.69, 9.17) is 4.74 Å². The molecular weight excluding hydrogens is 312 g/mol. The second-order valence-electron chi connectivity index (χ2n) is 6.62. The Morgan fingerprint density at radius 3 is 2.46 bits per heavy atom. The fourth-order valence-corrected chi connectivity index (χ4v) is 3.09. The molecule has 2 rings (SSSR count). The molecule has 1 aliphatic rings. The Morgan fingerprint density at radius 2 is 1.79 bits per heavy atom. The highest BCUT2D eigenvalue weighted by Crippen LogP contribution is 2.35. The molecule has 0 amide bonds. The van der Waals surface area contributed by atoms with Gasteiger partial charge in [-0.15, -0.1) is 0 Å². The summed E-state index contributed by atoms with van der Waals surface area (Å²) in [7, 11) is 0. The quantitative estimate of drug-likeness (QED) is 0.453. The first-order valence-corrected chi connectivity index (χ1v) is 8.28. The van der Waals surface area contributed by atoms with Crippen LogP contribution in [-0.4, -0.2) is 18.2 Å². The lowest BCUT2D eigenvalue weighted by Gasteiger charge is -2.36. The van der Waals surface area contributed by atoms with Gasteiger partial charge >= 0.3 is 12.1 Å². The first-order chi connectivity index (χ1) is 11.5. The van der Waals surface area contributed by atoms with E-state index in [1.54, 1.807) is 30.3 Å². The van der Waals surface area contributed by atoms with Crippen molar-refractivity contribution in [3.8, 4) is 0 Å². The third kappa shape index (κ3) is 5.23. The van der Waals surface area contributed by atoms with Crippen molar-refractivity contribution in [2.75, 3.05) is 0 Å². The van der Waals surface area contributed by atoms with Crippen molar-refractivity contribution >= 4 is 12.1 Å². The Morgan fingerprint density at radius 1 is 1.08 bits per heavy atom. The fourth-order valence-electron chi connectivity index (χ4n) is 3.09. The van der Waals surface area contributed by atoms with Gasteiger partial charge in [0.2, 0.25) is 0 Å². The van der Waals surface area contributed by atoms with Crippen LogP contribution in [0.4, 0.5) is 4.79 Å². The lowest BCUT2D eigenvalue weighted by atomic mass is 9.75. The van der Waals surface area contributed by atoms with E-state index in [2.05, 4.69) is 35.6 Å². The van der Waals surface area contributed by atoms with Crippen molar-refractivity contribution in [2.24, 2.45) is 17.8 Å². The second-order valence-corrected chi connectivity index (χ2v) is 6.62. The predicted octanol–water partition coefficient (Wildman–Crippen LogP) is 4.30. The Bertz CT molecular complexity index is 542. The minimum Gasteiger partial charge on any atom is -0.429 e. The molecule has 24 heavy (non-hydrogen) atoms. The fraction of sp³-hybridized carbons (Fsp3) is 0.556. The molecule has 1 aromatic carbocycles. The molecule has 132 valence electrons. The summed E-state index contributed by atoms with van der Waals surface area (Å²) in [6.45, 7) is 6.36. The average molecular weight is 336 g/mol. The van der Waals surface area contributed by atoms with Gasteiger partial charge < -0.3 is 4.74 Å². The summed E-state index contributed by atoms with van der Waals surface area (Å²) >= 11 is 0. The minimum atomic E-state index is -0.999. The van der Waals surface area contributed by atoms with Crippen LogP contribution in [-0.2, 0) is 19.6 Å². The van der Waals surface area contributed by atoms with Gasteiger partial charge in [0.25, 0.3) is 0 Å². The SMILES string of the molecule is CC1CCC(C(C)C)C(OC(=O)OOOC(=O)c2ccccc2)C1. The molecule has 0 aliphatic heterocycles. The summed E-state index contributed by atoms with van der Waals surface area (Å²) < 4.78 is 5.35. The van der Waals surface area contributed by atoms with Gasteiger partial charge in [-0.2, -0.15) is 0 Å². The molecule has 0 heterocycles. The summed E-state index contributed by atoms with van der Waals surface area (Å²) in [6, 6.07) is 8.24. The number of carbonyl (C=O) groups is 2. The molecule has 0 saturated heterocycles. The van der Waals surface area contributed by atoms with E-state index >= 15 is 0 Å². The minimum absolute atomic E-state index is 0.213. The largest absolute Gasteiger partial charge is 0.543 e. The molecule has 1 aliphatic carbocycles. The third-order valence-electron chi connectivity index (χ3n) is 4.43. The summed E-state index contributed by atoms with van der Waals surface area (Å²) in [6.07, 6.45) is 1.72. The Hall–Kier alpha value is -2.08. The topological polar surface area (TPSA) is 71.1 Å². The molecule has 0 aromatic heterocycles. The van der Waals surface area contributed by atoms with Gasteiger partial charge in [0.05, 0.1) is 10.6 Å². The van der Waals surface area contributed by atoms with Gasteiger partial charge in [-0.1, -0.05) is 45.4 Å².